The Morgan fingerprint density at radius 3 is 2.54 bits per heavy atom. The third kappa shape index (κ3) is 3.39. The first-order valence-electron chi connectivity index (χ1n) is 7.35. The summed E-state index contributed by atoms with van der Waals surface area (Å²) >= 11 is 0. The SMILES string of the molecule is CNS(=O)(=O)c1ccc(Nc2cccc(F)c2F)c(-c2nnn(C)n2)c1. The first-order valence-corrected chi connectivity index (χ1v) is 8.83. The molecule has 0 atom stereocenters. The van der Waals surface area contributed by atoms with Crippen molar-refractivity contribution in [2.24, 2.45) is 7.05 Å². The summed E-state index contributed by atoms with van der Waals surface area (Å²) in [7, 11) is -0.894. The van der Waals surface area contributed by atoms with Crippen molar-refractivity contribution in [1.29, 1.82) is 0 Å². The molecule has 0 aliphatic carbocycles. The number of aromatic nitrogens is 4. The van der Waals surface area contributed by atoms with Gasteiger partial charge in [-0.1, -0.05) is 6.07 Å². The van der Waals surface area contributed by atoms with Crippen LogP contribution in [-0.4, -0.2) is 35.7 Å². The zero-order chi connectivity index (χ0) is 18.9. The summed E-state index contributed by atoms with van der Waals surface area (Å²) in [5, 5.41) is 14.4. The highest BCUT2D eigenvalue weighted by Gasteiger charge is 2.19. The van der Waals surface area contributed by atoms with Gasteiger partial charge in [0.05, 0.1) is 17.6 Å². The molecule has 1 aromatic heterocycles. The van der Waals surface area contributed by atoms with Gasteiger partial charge in [0.1, 0.15) is 0 Å². The number of anilines is 2. The minimum absolute atomic E-state index is 0.0345. The Morgan fingerprint density at radius 2 is 1.88 bits per heavy atom. The molecular formula is C15H14F2N6O2S. The topological polar surface area (TPSA) is 102 Å². The third-order valence-corrected chi connectivity index (χ3v) is 4.95. The summed E-state index contributed by atoms with van der Waals surface area (Å²) in [6, 6.07) is 7.76. The second-order valence-corrected chi connectivity index (χ2v) is 7.13. The van der Waals surface area contributed by atoms with Gasteiger partial charge in [0, 0.05) is 11.3 Å². The van der Waals surface area contributed by atoms with E-state index in [4.69, 9.17) is 0 Å². The molecule has 0 spiro atoms. The molecule has 0 saturated carbocycles. The van der Waals surface area contributed by atoms with Gasteiger partial charge in [-0.25, -0.2) is 21.9 Å². The molecule has 1 heterocycles. The largest absolute Gasteiger partial charge is 0.352 e. The second kappa shape index (κ2) is 6.77. The first-order chi connectivity index (χ1) is 12.3. The number of tetrazole rings is 1. The zero-order valence-electron chi connectivity index (χ0n) is 13.7. The van der Waals surface area contributed by atoms with Gasteiger partial charge in [0.15, 0.2) is 11.6 Å². The lowest BCUT2D eigenvalue weighted by atomic mass is 10.1. The fourth-order valence-electron chi connectivity index (χ4n) is 2.24. The molecular weight excluding hydrogens is 366 g/mol. The molecule has 8 nitrogen and oxygen atoms in total. The van der Waals surface area contributed by atoms with E-state index < -0.39 is 21.7 Å². The van der Waals surface area contributed by atoms with Crippen LogP contribution in [0.1, 0.15) is 0 Å². The summed E-state index contributed by atoms with van der Waals surface area (Å²) < 4.78 is 53.7. The monoisotopic (exact) mass is 380 g/mol. The number of benzene rings is 2. The van der Waals surface area contributed by atoms with E-state index in [1.54, 1.807) is 7.05 Å². The lowest BCUT2D eigenvalue weighted by Crippen LogP contribution is -2.18. The third-order valence-electron chi connectivity index (χ3n) is 3.54. The average Bonchev–Trinajstić information content (AvgIpc) is 3.05. The van der Waals surface area contributed by atoms with E-state index >= 15 is 0 Å². The number of hydrogen-bond acceptors (Lipinski definition) is 6. The van der Waals surface area contributed by atoms with Crippen LogP contribution in [0, 0.1) is 11.6 Å². The van der Waals surface area contributed by atoms with Crippen LogP contribution in [0.4, 0.5) is 20.2 Å². The molecule has 0 aliphatic rings. The van der Waals surface area contributed by atoms with E-state index in [1.165, 1.54) is 42.2 Å². The van der Waals surface area contributed by atoms with Gasteiger partial charge in [-0.05, 0) is 42.6 Å². The lowest BCUT2D eigenvalue weighted by molar-refractivity contribution is 0.512. The van der Waals surface area contributed by atoms with Crippen molar-refractivity contribution in [3.63, 3.8) is 0 Å². The van der Waals surface area contributed by atoms with Crippen molar-refractivity contribution in [3.8, 4) is 11.4 Å². The molecule has 0 aliphatic heterocycles. The van der Waals surface area contributed by atoms with Crippen LogP contribution in [0.5, 0.6) is 0 Å². The van der Waals surface area contributed by atoms with E-state index in [0.29, 0.717) is 0 Å². The quantitative estimate of drug-likeness (QED) is 0.700. The van der Waals surface area contributed by atoms with E-state index in [0.717, 1.165) is 6.07 Å². The van der Waals surface area contributed by atoms with Crippen molar-refractivity contribution in [3.05, 3.63) is 48.0 Å². The van der Waals surface area contributed by atoms with Crippen molar-refractivity contribution in [2.75, 3.05) is 12.4 Å². The number of nitrogens with one attached hydrogen (secondary N) is 2. The molecule has 0 saturated heterocycles. The molecule has 11 heteroatoms. The first kappa shape index (κ1) is 17.9. The van der Waals surface area contributed by atoms with Crippen molar-refractivity contribution >= 4 is 21.4 Å². The molecule has 0 unspecified atom stereocenters. The highest BCUT2D eigenvalue weighted by atomic mass is 32.2. The summed E-state index contributed by atoms with van der Waals surface area (Å²) in [6.45, 7) is 0. The molecule has 2 N–H and O–H groups in total. The van der Waals surface area contributed by atoms with Crippen LogP contribution in [-0.2, 0) is 17.1 Å². The number of rotatable bonds is 5. The van der Waals surface area contributed by atoms with Gasteiger partial charge in [-0.3, -0.25) is 0 Å². The van der Waals surface area contributed by atoms with Crippen molar-refractivity contribution < 1.29 is 17.2 Å². The highest BCUT2D eigenvalue weighted by molar-refractivity contribution is 7.89. The minimum Gasteiger partial charge on any atom is -0.352 e. The van der Waals surface area contributed by atoms with Crippen LogP contribution in [0.2, 0.25) is 0 Å². The Kier molecular flexibility index (Phi) is 4.66. The van der Waals surface area contributed by atoms with Gasteiger partial charge in [0.25, 0.3) is 0 Å². The number of nitrogens with zero attached hydrogens (tertiary/aromatic N) is 4. The molecule has 136 valence electrons. The van der Waals surface area contributed by atoms with Crippen LogP contribution < -0.4 is 10.0 Å². The highest BCUT2D eigenvalue weighted by Crippen LogP contribution is 2.31. The van der Waals surface area contributed by atoms with Crippen molar-refractivity contribution in [2.45, 2.75) is 4.90 Å². The molecule has 26 heavy (non-hydrogen) atoms. The molecule has 3 aromatic rings. The maximum absolute atomic E-state index is 14.0. The molecule has 0 amide bonds. The lowest BCUT2D eigenvalue weighted by Gasteiger charge is -2.13. The van der Waals surface area contributed by atoms with Gasteiger partial charge < -0.3 is 5.32 Å². The Morgan fingerprint density at radius 1 is 1.12 bits per heavy atom. The summed E-state index contributed by atoms with van der Waals surface area (Å²) in [5.74, 6) is -1.94. The van der Waals surface area contributed by atoms with Crippen LogP contribution in [0.15, 0.2) is 41.3 Å². The molecule has 0 radical (unpaired) electrons. The van der Waals surface area contributed by atoms with E-state index in [9.17, 15) is 17.2 Å². The average molecular weight is 380 g/mol. The van der Waals surface area contributed by atoms with Gasteiger partial charge in [-0.2, -0.15) is 4.80 Å². The molecule has 2 aromatic carbocycles. The second-order valence-electron chi connectivity index (χ2n) is 5.24. The minimum atomic E-state index is -3.72. The fourth-order valence-corrected chi connectivity index (χ4v) is 3.00. The maximum Gasteiger partial charge on any atom is 0.240 e. The Labute approximate surface area is 147 Å². The van der Waals surface area contributed by atoms with E-state index in [2.05, 4.69) is 25.4 Å². The van der Waals surface area contributed by atoms with Crippen LogP contribution in [0.25, 0.3) is 11.4 Å². The maximum atomic E-state index is 14.0. The summed E-state index contributed by atoms with van der Waals surface area (Å²) in [6.07, 6.45) is 0. The summed E-state index contributed by atoms with van der Waals surface area (Å²) in [4.78, 5) is 1.16. The normalized spacial score (nSPS) is 11.5. The van der Waals surface area contributed by atoms with Crippen LogP contribution in [0.3, 0.4) is 0 Å². The Hall–Kier alpha value is -2.92. The van der Waals surface area contributed by atoms with Crippen LogP contribution >= 0.6 is 0 Å². The number of aryl methyl sites for hydroxylation is 1. The fraction of sp³-hybridized carbons (Fsp3) is 0.133. The number of sulfonamides is 1. The number of halogens is 2. The van der Waals surface area contributed by atoms with Gasteiger partial charge in [-0.15, -0.1) is 10.2 Å². The molecule has 0 bridgehead atoms. The van der Waals surface area contributed by atoms with Gasteiger partial charge >= 0.3 is 0 Å². The van der Waals surface area contributed by atoms with Gasteiger partial charge in [0.2, 0.25) is 15.8 Å². The standard InChI is InChI=1S/C15H14F2N6O2S/c1-18-26(24,25)9-6-7-12(10(8-9)15-20-22-23(2)21-15)19-13-5-3-4-11(16)14(13)17/h3-8,18-19H,1-2H3. The predicted molar refractivity (Wildman–Crippen MR) is 90.1 cm³/mol. The predicted octanol–water partition coefficient (Wildman–Crippen LogP) is 1.81. The number of hydrogen-bond donors (Lipinski definition) is 2. The van der Waals surface area contributed by atoms with E-state index in [-0.39, 0.29) is 27.7 Å². The smallest absolute Gasteiger partial charge is 0.240 e. The Balaban J connectivity index is 2.14. The van der Waals surface area contributed by atoms with E-state index in [1.807, 2.05) is 0 Å². The Bertz CT molecular complexity index is 1070. The van der Waals surface area contributed by atoms with Crippen molar-refractivity contribution in [1.82, 2.24) is 24.9 Å². The summed E-state index contributed by atoms with van der Waals surface area (Å²) in [5.41, 5.74) is 0.440. The molecule has 0 fully saturated rings. The zero-order valence-corrected chi connectivity index (χ0v) is 14.6. The molecule has 3 rings (SSSR count).